The van der Waals surface area contributed by atoms with Crippen molar-refractivity contribution in [1.82, 2.24) is 0 Å². The van der Waals surface area contributed by atoms with Crippen LogP contribution in [0.5, 0.6) is 0 Å². The molecular weight excluding hydrogens is 423 g/mol. The minimum absolute atomic E-state index is 0.00240. The minimum Gasteiger partial charge on any atom is -0.397 e. The summed E-state index contributed by atoms with van der Waals surface area (Å²) < 4.78 is 25.4. The monoisotopic (exact) mass is 433 g/mol. The molecule has 1 atom stereocenters. The van der Waals surface area contributed by atoms with Gasteiger partial charge in [0.05, 0.1) is 27.9 Å². The molecule has 5 nitrogen and oxygen atoms in total. The van der Waals surface area contributed by atoms with Gasteiger partial charge in [-0.05, 0) is 24.6 Å². The van der Waals surface area contributed by atoms with Crippen molar-refractivity contribution in [2.24, 2.45) is 5.92 Å². The molecule has 3 rings (SSSR count). The Labute approximate surface area is 167 Å². The fourth-order valence-corrected chi connectivity index (χ4v) is 3.07. The van der Waals surface area contributed by atoms with Crippen LogP contribution in [0.2, 0.25) is 5.02 Å². The molecule has 27 heavy (non-hydrogen) atoms. The van der Waals surface area contributed by atoms with Crippen LogP contribution in [-0.2, 0) is 4.79 Å². The average molecular weight is 435 g/mol. The summed E-state index contributed by atoms with van der Waals surface area (Å²) in [6.45, 7) is 0. The molecule has 0 saturated heterocycles. The SMILES string of the molecule is Nc1cc(F)c(F)cc1NC(=O)c1cc(NC(=O)C2CC2(Cl)Cl)ccc1Cl. The van der Waals surface area contributed by atoms with Crippen molar-refractivity contribution >= 4 is 63.7 Å². The van der Waals surface area contributed by atoms with E-state index in [1.807, 2.05) is 0 Å². The van der Waals surface area contributed by atoms with E-state index in [9.17, 15) is 18.4 Å². The number of halogens is 5. The first-order valence-corrected chi connectivity index (χ1v) is 8.76. The number of nitrogens with two attached hydrogens (primary N) is 1. The van der Waals surface area contributed by atoms with Gasteiger partial charge >= 0.3 is 0 Å². The Morgan fingerprint density at radius 2 is 1.74 bits per heavy atom. The summed E-state index contributed by atoms with van der Waals surface area (Å²) in [5.74, 6) is -3.96. The molecule has 0 aliphatic heterocycles. The van der Waals surface area contributed by atoms with Crippen molar-refractivity contribution in [2.75, 3.05) is 16.4 Å². The molecule has 1 aliphatic rings. The lowest BCUT2D eigenvalue weighted by atomic mass is 10.1. The van der Waals surface area contributed by atoms with Gasteiger partial charge in [-0.2, -0.15) is 0 Å². The van der Waals surface area contributed by atoms with Crippen LogP contribution in [0.3, 0.4) is 0 Å². The van der Waals surface area contributed by atoms with Gasteiger partial charge in [0.25, 0.3) is 5.91 Å². The predicted octanol–water partition coefficient (Wildman–Crippen LogP) is 4.59. The average Bonchev–Trinajstić information content (AvgIpc) is 3.23. The number of amides is 2. The van der Waals surface area contributed by atoms with Crippen LogP contribution >= 0.6 is 34.8 Å². The lowest BCUT2D eigenvalue weighted by molar-refractivity contribution is -0.117. The first kappa shape index (κ1) is 19.7. The van der Waals surface area contributed by atoms with Crippen molar-refractivity contribution in [2.45, 2.75) is 10.8 Å². The molecule has 2 aromatic rings. The third-order valence-corrected chi connectivity index (χ3v) is 5.13. The third kappa shape index (κ3) is 4.26. The molecule has 1 fully saturated rings. The Hall–Kier alpha value is -2.09. The first-order chi connectivity index (χ1) is 12.6. The van der Waals surface area contributed by atoms with Crippen LogP contribution in [0.4, 0.5) is 25.8 Å². The molecule has 0 aromatic heterocycles. The Morgan fingerprint density at radius 1 is 1.11 bits per heavy atom. The minimum atomic E-state index is -1.17. The lowest BCUT2D eigenvalue weighted by Crippen LogP contribution is -2.18. The molecule has 142 valence electrons. The standard InChI is InChI=1S/C17H12Cl3F2N3O2/c18-10-2-1-7(24-16(27)9-6-17(9,19)20)3-8(10)15(26)25-14-5-12(22)11(21)4-13(14)23/h1-5,9H,6,23H2,(H,24,27)(H,25,26). The zero-order valence-electron chi connectivity index (χ0n) is 13.5. The fraction of sp³-hybridized carbons (Fsp3) is 0.176. The van der Waals surface area contributed by atoms with Crippen LogP contribution in [0.25, 0.3) is 0 Å². The molecule has 1 saturated carbocycles. The van der Waals surface area contributed by atoms with Gasteiger partial charge in [0.15, 0.2) is 11.6 Å². The summed E-state index contributed by atoms with van der Waals surface area (Å²) in [4.78, 5) is 24.5. The molecule has 0 radical (unpaired) electrons. The van der Waals surface area contributed by atoms with E-state index in [-0.39, 0.29) is 22.0 Å². The quantitative estimate of drug-likeness (QED) is 0.486. The summed E-state index contributed by atoms with van der Waals surface area (Å²) in [6.07, 6.45) is 0.332. The second kappa shape index (κ2) is 7.14. The maximum atomic E-state index is 13.4. The van der Waals surface area contributed by atoms with Gasteiger partial charge in [0.2, 0.25) is 5.91 Å². The van der Waals surface area contributed by atoms with Gasteiger partial charge in [-0.3, -0.25) is 9.59 Å². The van der Waals surface area contributed by atoms with E-state index in [2.05, 4.69) is 10.6 Å². The molecule has 2 amide bonds. The highest BCUT2D eigenvalue weighted by atomic mass is 35.5. The van der Waals surface area contributed by atoms with E-state index in [0.717, 1.165) is 12.1 Å². The molecule has 0 bridgehead atoms. The maximum Gasteiger partial charge on any atom is 0.257 e. The predicted molar refractivity (Wildman–Crippen MR) is 101 cm³/mol. The van der Waals surface area contributed by atoms with E-state index < -0.39 is 33.7 Å². The number of nitrogens with one attached hydrogen (secondary N) is 2. The first-order valence-electron chi connectivity index (χ1n) is 7.62. The number of hydrogen-bond donors (Lipinski definition) is 3. The molecule has 1 unspecified atom stereocenters. The number of carbonyl (C=O) groups is 2. The van der Waals surface area contributed by atoms with Gasteiger partial charge in [0, 0.05) is 17.8 Å². The van der Waals surface area contributed by atoms with Gasteiger partial charge < -0.3 is 16.4 Å². The van der Waals surface area contributed by atoms with E-state index in [1.54, 1.807) is 0 Å². The molecule has 10 heteroatoms. The zero-order valence-corrected chi connectivity index (χ0v) is 15.7. The summed E-state index contributed by atoms with van der Waals surface area (Å²) in [5, 5.41) is 5.03. The molecule has 0 spiro atoms. The van der Waals surface area contributed by atoms with E-state index in [0.29, 0.717) is 12.1 Å². The number of hydrogen-bond acceptors (Lipinski definition) is 3. The topological polar surface area (TPSA) is 84.2 Å². The molecular formula is C17H12Cl3F2N3O2. The zero-order chi connectivity index (χ0) is 19.9. The highest BCUT2D eigenvalue weighted by molar-refractivity contribution is 6.52. The van der Waals surface area contributed by atoms with E-state index in [4.69, 9.17) is 40.5 Å². The van der Waals surface area contributed by atoms with Gasteiger partial charge in [-0.15, -0.1) is 23.2 Å². The second-order valence-corrected chi connectivity index (χ2v) is 7.96. The van der Waals surface area contributed by atoms with Crippen molar-refractivity contribution in [3.05, 3.63) is 52.6 Å². The van der Waals surface area contributed by atoms with Crippen LogP contribution in [0.15, 0.2) is 30.3 Å². The molecule has 1 aliphatic carbocycles. The van der Waals surface area contributed by atoms with Crippen molar-refractivity contribution < 1.29 is 18.4 Å². The van der Waals surface area contributed by atoms with E-state index >= 15 is 0 Å². The van der Waals surface area contributed by atoms with Crippen molar-refractivity contribution in [3.8, 4) is 0 Å². The van der Waals surface area contributed by atoms with Crippen LogP contribution in [-0.4, -0.2) is 16.1 Å². The summed E-state index contributed by atoms with van der Waals surface area (Å²) in [5.41, 5.74) is 5.60. The highest BCUT2D eigenvalue weighted by Gasteiger charge is 2.56. The summed E-state index contributed by atoms with van der Waals surface area (Å²) >= 11 is 17.7. The molecule has 0 heterocycles. The molecule has 2 aromatic carbocycles. The van der Waals surface area contributed by atoms with Crippen LogP contribution in [0, 0.1) is 17.6 Å². The number of carbonyl (C=O) groups excluding carboxylic acids is 2. The third-order valence-electron chi connectivity index (χ3n) is 3.96. The van der Waals surface area contributed by atoms with Crippen LogP contribution < -0.4 is 16.4 Å². The van der Waals surface area contributed by atoms with Crippen LogP contribution in [0.1, 0.15) is 16.8 Å². The van der Waals surface area contributed by atoms with E-state index in [1.165, 1.54) is 18.2 Å². The lowest BCUT2D eigenvalue weighted by Gasteiger charge is -2.12. The normalized spacial score (nSPS) is 17.3. The maximum absolute atomic E-state index is 13.4. The summed E-state index contributed by atoms with van der Waals surface area (Å²) in [7, 11) is 0. The van der Waals surface area contributed by atoms with Crippen molar-refractivity contribution in [3.63, 3.8) is 0 Å². The number of nitrogen functional groups attached to an aromatic ring is 1. The number of alkyl halides is 2. The number of benzene rings is 2. The second-order valence-electron chi connectivity index (χ2n) is 6.01. The number of anilines is 3. The summed E-state index contributed by atoms with van der Waals surface area (Å²) in [6, 6.07) is 5.75. The van der Waals surface area contributed by atoms with Gasteiger partial charge in [-0.25, -0.2) is 8.78 Å². The molecule has 4 N–H and O–H groups in total. The largest absolute Gasteiger partial charge is 0.397 e. The smallest absolute Gasteiger partial charge is 0.257 e. The fourth-order valence-electron chi connectivity index (χ4n) is 2.36. The Kier molecular flexibility index (Phi) is 5.20. The van der Waals surface area contributed by atoms with Gasteiger partial charge in [-0.1, -0.05) is 11.6 Å². The highest BCUT2D eigenvalue weighted by Crippen LogP contribution is 2.53. The Bertz CT molecular complexity index is 953. The van der Waals surface area contributed by atoms with Crippen molar-refractivity contribution in [1.29, 1.82) is 0 Å². The Balaban J connectivity index is 1.79. The number of rotatable bonds is 4. The Morgan fingerprint density at radius 3 is 2.37 bits per heavy atom. The van der Waals surface area contributed by atoms with Gasteiger partial charge in [0.1, 0.15) is 4.33 Å².